The van der Waals surface area contributed by atoms with E-state index in [1.807, 2.05) is 6.07 Å². The van der Waals surface area contributed by atoms with E-state index >= 15 is 0 Å². The first-order chi connectivity index (χ1) is 9.47. The van der Waals surface area contributed by atoms with Crippen LogP contribution >= 0.6 is 12.2 Å². The lowest BCUT2D eigenvalue weighted by Gasteiger charge is -2.33. The van der Waals surface area contributed by atoms with Crippen molar-refractivity contribution in [3.8, 4) is 0 Å². The van der Waals surface area contributed by atoms with E-state index in [9.17, 15) is 0 Å². The molecular formula is C16H25N3S. The molecule has 2 rings (SSSR count). The molecule has 0 aliphatic carbocycles. The lowest BCUT2D eigenvalue weighted by molar-refractivity contribution is 0.222. The van der Waals surface area contributed by atoms with Gasteiger partial charge in [0.1, 0.15) is 4.99 Å². The molecule has 0 radical (unpaired) electrons. The summed E-state index contributed by atoms with van der Waals surface area (Å²) < 4.78 is 0. The number of hydrogen-bond donors (Lipinski definition) is 1. The van der Waals surface area contributed by atoms with Crippen molar-refractivity contribution in [2.75, 3.05) is 38.6 Å². The predicted octanol–water partition coefficient (Wildman–Crippen LogP) is 2.41. The summed E-state index contributed by atoms with van der Waals surface area (Å²) in [7, 11) is 4.35. The predicted molar refractivity (Wildman–Crippen MR) is 90.6 cm³/mol. The highest BCUT2D eigenvalue weighted by Crippen LogP contribution is 2.24. The average molecular weight is 291 g/mol. The van der Waals surface area contributed by atoms with Gasteiger partial charge >= 0.3 is 0 Å². The second-order valence-electron chi connectivity index (χ2n) is 6.01. The van der Waals surface area contributed by atoms with E-state index in [4.69, 9.17) is 18.0 Å². The van der Waals surface area contributed by atoms with Gasteiger partial charge in [-0.1, -0.05) is 18.3 Å². The number of aryl methyl sites for hydroxylation is 1. The summed E-state index contributed by atoms with van der Waals surface area (Å²) in [4.78, 5) is 5.20. The quantitative estimate of drug-likeness (QED) is 0.864. The van der Waals surface area contributed by atoms with Crippen LogP contribution in [0.3, 0.4) is 0 Å². The molecule has 4 heteroatoms. The van der Waals surface area contributed by atoms with Gasteiger partial charge in [0.2, 0.25) is 0 Å². The Morgan fingerprint density at radius 1 is 1.40 bits per heavy atom. The molecule has 0 spiro atoms. The molecule has 0 saturated carbocycles. The summed E-state index contributed by atoms with van der Waals surface area (Å²) in [5.74, 6) is 0.760. The molecule has 110 valence electrons. The summed E-state index contributed by atoms with van der Waals surface area (Å²) in [6, 6.07) is 6.29. The Labute approximate surface area is 127 Å². The molecule has 1 heterocycles. The molecule has 1 aliphatic rings. The third kappa shape index (κ3) is 3.70. The van der Waals surface area contributed by atoms with Gasteiger partial charge in [0.25, 0.3) is 0 Å². The molecule has 20 heavy (non-hydrogen) atoms. The van der Waals surface area contributed by atoms with Gasteiger partial charge < -0.3 is 15.5 Å². The van der Waals surface area contributed by atoms with Crippen molar-refractivity contribution in [1.29, 1.82) is 0 Å². The zero-order valence-corrected chi connectivity index (χ0v) is 13.5. The van der Waals surface area contributed by atoms with Gasteiger partial charge in [0.05, 0.1) is 0 Å². The highest BCUT2D eigenvalue weighted by atomic mass is 32.1. The summed E-state index contributed by atoms with van der Waals surface area (Å²) in [6.45, 7) is 5.59. The maximum Gasteiger partial charge on any atom is 0.106 e. The molecule has 0 aromatic heterocycles. The molecule has 2 N–H and O–H groups in total. The zero-order valence-electron chi connectivity index (χ0n) is 12.7. The summed E-state index contributed by atoms with van der Waals surface area (Å²) >= 11 is 5.18. The number of piperidine rings is 1. The summed E-state index contributed by atoms with van der Waals surface area (Å²) in [5, 5.41) is 0. The Hall–Kier alpha value is -1.13. The van der Waals surface area contributed by atoms with E-state index in [0.717, 1.165) is 23.7 Å². The first-order valence-electron chi connectivity index (χ1n) is 7.27. The van der Waals surface area contributed by atoms with Gasteiger partial charge in [-0.25, -0.2) is 0 Å². The first kappa shape index (κ1) is 15.3. The highest BCUT2D eigenvalue weighted by molar-refractivity contribution is 7.80. The molecule has 1 aliphatic heterocycles. The minimum absolute atomic E-state index is 0.482. The fourth-order valence-corrected chi connectivity index (χ4v) is 3.07. The number of thiocarbonyl (C=S) groups is 1. The third-order valence-corrected chi connectivity index (χ3v) is 4.42. The van der Waals surface area contributed by atoms with Gasteiger partial charge in [0.15, 0.2) is 0 Å². The van der Waals surface area contributed by atoms with Gasteiger partial charge in [0, 0.05) is 24.8 Å². The minimum Gasteiger partial charge on any atom is -0.389 e. The molecule has 0 unspecified atom stereocenters. The largest absolute Gasteiger partial charge is 0.389 e. The molecule has 0 amide bonds. The SMILES string of the molecule is Cc1ccc(C(N)=S)c(N(C)CC2CCN(C)CC2)c1. The smallest absolute Gasteiger partial charge is 0.106 e. The van der Waals surface area contributed by atoms with Gasteiger partial charge in [-0.05, 0) is 63.5 Å². The zero-order chi connectivity index (χ0) is 14.7. The van der Waals surface area contributed by atoms with Gasteiger partial charge in [-0.15, -0.1) is 0 Å². The number of nitrogens with zero attached hydrogens (tertiary/aromatic N) is 2. The Bertz CT molecular complexity index is 479. The normalized spacial score (nSPS) is 17.1. The molecule has 1 saturated heterocycles. The van der Waals surface area contributed by atoms with E-state index in [2.05, 4.69) is 43.0 Å². The van der Waals surface area contributed by atoms with Gasteiger partial charge in [-0.3, -0.25) is 0 Å². The number of anilines is 1. The van der Waals surface area contributed by atoms with Crippen molar-refractivity contribution >= 4 is 22.9 Å². The van der Waals surface area contributed by atoms with E-state index in [1.165, 1.54) is 31.5 Å². The van der Waals surface area contributed by atoms with Crippen LogP contribution in [0, 0.1) is 12.8 Å². The van der Waals surface area contributed by atoms with Crippen molar-refractivity contribution in [3.05, 3.63) is 29.3 Å². The van der Waals surface area contributed by atoms with Crippen molar-refractivity contribution in [3.63, 3.8) is 0 Å². The number of nitrogens with two attached hydrogens (primary N) is 1. The van der Waals surface area contributed by atoms with Crippen LogP contribution in [0.4, 0.5) is 5.69 Å². The fourth-order valence-electron chi connectivity index (χ4n) is 2.90. The van der Waals surface area contributed by atoms with Crippen molar-refractivity contribution in [2.45, 2.75) is 19.8 Å². The lowest BCUT2D eigenvalue weighted by Crippen LogP contribution is -2.36. The monoisotopic (exact) mass is 291 g/mol. The maximum absolute atomic E-state index is 5.85. The van der Waals surface area contributed by atoms with Crippen molar-refractivity contribution in [2.24, 2.45) is 11.7 Å². The van der Waals surface area contributed by atoms with Crippen molar-refractivity contribution < 1.29 is 0 Å². The topological polar surface area (TPSA) is 32.5 Å². The molecular weight excluding hydrogens is 266 g/mol. The third-order valence-electron chi connectivity index (χ3n) is 4.20. The Morgan fingerprint density at radius 2 is 2.05 bits per heavy atom. The number of hydrogen-bond acceptors (Lipinski definition) is 3. The van der Waals surface area contributed by atoms with E-state index in [-0.39, 0.29) is 0 Å². The maximum atomic E-state index is 5.85. The van der Waals surface area contributed by atoms with Gasteiger partial charge in [-0.2, -0.15) is 0 Å². The molecule has 1 aromatic rings. The van der Waals surface area contributed by atoms with Crippen LogP contribution in [0.2, 0.25) is 0 Å². The molecule has 0 atom stereocenters. The van der Waals surface area contributed by atoms with Crippen LogP contribution < -0.4 is 10.6 Å². The highest BCUT2D eigenvalue weighted by Gasteiger charge is 2.19. The van der Waals surface area contributed by atoms with E-state index < -0.39 is 0 Å². The van der Waals surface area contributed by atoms with E-state index in [0.29, 0.717) is 4.99 Å². The van der Waals surface area contributed by atoms with Crippen LogP contribution in [0.5, 0.6) is 0 Å². The Morgan fingerprint density at radius 3 is 2.65 bits per heavy atom. The molecule has 3 nitrogen and oxygen atoms in total. The first-order valence-corrected chi connectivity index (χ1v) is 7.68. The molecule has 0 bridgehead atoms. The Balaban J connectivity index is 2.10. The fraction of sp³-hybridized carbons (Fsp3) is 0.562. The second-order valence-corrected chi connectivity index (χ2v) is 6.45. The molecule has 1 fully saturated rings. The standard InChI is InChI=1S/C16H25N3S/c1-12-4-5-14(16(17)20)15(10-12)19(3)11-13-6-8-18(2)9-7-13/h4-5,10,13H,6-9,11H2,1-3H3,(H2,17,20). The van der Waals surface area contributed by atoms with Crippen LogP contribution in [0.25, 0.3) is 0 Å². The van der Waals surface area contributed by atoms with Crippen LogP contribution in [-0.2, 0) is 0 Å². The van der Waals surface area contributed by atoms with Crippen LogP contribution in [0.1, 0.15) is 24.0 Å². The Kier molecular flexibility index (Phi) is 5.00. The number of likely N-dealkylation sites (tertiary alicyclic amines) is 1. The second kappa shape index (κ2) is 6.55. The lowest BCUT2D eigenvalue weighted by atomic mass is 9.96. The molecule has 1 aromatic carbocycles. The number of rotatable bonds is 4. The van der Waals surface area contributed by atoms with Crippen LogP contribution in [-0.4, -0.2) is 43.6 Å². The minimum atomic E-state index is 0.482. The van der Waals surface area contributed by atoms with E-state index in [1.54, 1.807) is 0 Å². The number of benzene rings is 1. The van der Waals surface area contributed by atoms with Crippen molar-refractivity contribution in [1.82, 2.24) is 4.90 Å². The summed E-state index contributed by atoms with van der Waals surface area (Å²) in [6.07, 6.45) is 2.55. The van der Waals surface area contributed by atoms with Crippen LogP contribution in [0.15, 0.2) is 18.2 Å². The summed E-state index contributed by atoms with van der Waals surface area (Å²) in [5.41, 5.74) is 9.25. The average Bonchev–Trinajstić information content (AvgIpc) is 2.41.